The molecule has 22 heavy (non-hydrogen) atoms. The van der Waals surface area contributed by atoms with Crippen molar-refractivity contribution >= 4 is 17.8 Å². The maximum absolute atomic E-state index is 13.3. The lowest BCUT2D eigenvalue weighted by Crippen LogP contribution is -2.17. The molecule has 0 heterocycles. The van der Waals surface area contributed by atoms with Gasteiger partial charge in [-0.1, -0.05) is 6.07 Å². The number of rotatable bonds is 4. The number of halogens is 2. The van der Waals surface area contributed by atoms with Gasteiger partial charge in [0, 0.05) is 17.7 Å². The van der Waals surface area contributed by atoms with Crippen LogP contribution in [0.1, 0.15) is 15.9 Å². The van der Waals surface area contributed by atoms with Gasteiger partial charge in [0.1, 0.15) is 11.6 Å². The standard InChI is InChI=1S/C14H9F2N3O3/c15-12-2-1-3-13(16)11(12)8-17-18-14(20)9-4-6-10(7-5-9)19(21)22/h1-8H,(H,18,20)/b17-8-. The maximum Gasteiger partial charge on any atom is 0.271 e. The molecule has 0 aromatic heterocycles. The topological polar surface area (TPSA) is 84.6 Å². The molecule has 2 aromatic carbocycles. The summed E-state index contributed by atoms with van der Waals surface area (Å²) in [5.41, 5.74) is 1.66. The lowest BCUT2D eigenvalue weighted by Gasteiger charge is -2.00. The summed E-state index contributed by atoms with van der Waals surface area (Å²) in [7, 11) is 0. The summed E-state index contributed by atoms with van der Waals surface area (Å²) in [5.74, 6) is -2.29. The van der Waals surface area contributed by atoms with Gasteiger partial charge in [0.05, 0.1) is 16.7 Å². The monoisotopic (exact) mass is 305 g/mol. The maximum atomic E-state index is 13.3. The molecule has 1 N–H and O–H groups in total. The minimum absolute atomic E-state index is 0.122. The average molecular weight is 305 g/mol. The summed E-state index contributed by atoms with van der Waals surface area (Å²) in [6.07, 6.45) is 0.841. The predicted molar refractivity (Wildman–Crippen MR) is 74.5 cm³/mol. The number of nitro groups is 1. The van der Waals surface area contributed by atoms with Crippen LogP contribution in [0.15, 0.2) is 47.6 Å². The number of nitro benzene ring substituents is 1. The molecule has 112 valence electrons. The first-order chi connectivity index (χ1) is 10.5. The fourth-order valence-electron chi connectivity index (χ4n) is 1.59. The van der Waals surface area contributed by atoms with E-state index in [1.807, 2.05) is 0 Å². The number of hydrogen-bond acceptors (Lipinski definition) is 4. The molecule has 0 saturated carbocycles. The fraction of sp³-hybridized carbons (Fsp3) is 0. The zero-order chi connectivity index (χ0) is 16.1. The number of hydrazone groups is 1. The van der Waals surface area contributed by atoms with Gasteiger partial charge in [-0.25, -0.2) is 14.2 Å². The summed E-state index contributed by atoms with van der Waals surface area (Å²) < 4.78 is 26.6. The Morgan fingerprint density at radius 2 is 1.73 bits per heavy atom. The smallest absolute Gasteiger partial charge is 0.267 e. The molecule has 0 radical (unpaired) electrons. The van der Waals surface area contributed by atoms with Crippen molar-refractivity contribution in [3.8, 4) is 0 Å². The van der Waals surface area contributed by atoms with E-state index in [0.717, 1.165) is 30.5 Å². The van der Waals surface area contributed by atoms with Crippen molar-refractivity contribution in [2.75, 3.05) is 0 Å². The number of hydrogen-bond donors (Lipinski definition) is 1. The van der Waals surface area contributed by atoms with Gasteiger partial charge in [0.25, 0.3) is 11.6 Å². The zero-order valence-electron chi connectivity index (χ0n) is 11.0. The first-order valence-electron chi connectivity index (χ1n) is 6.01. The minimum Gasteiger partial charge on any atom is -0.267 e. The Morgan fingerprint density at radius 1 is 1.14 bits per heavy atom. The molecule has 2 aromatic rings. The highest BCUT2D eigenvalue weighted by Crippen LogP contribution is 2.12. The number of non-ortho nitro benzene ring substituents is 1. The van der Waals surface area contributed by atoms with E-state index in [4.69, 9.17) is 0 Å². The SMILES string of the molecule is O=C(N/N=C\c1c(F)cccc1F)c1ccc([N+](=O)[O-])cc1. The van der Waals surface area contributed by atoms with E-state index in [1.54, 1.807) is 0 Å². The Morgan fingerprint density at radius 3 is 2.27 bits per heavy atom. The van der Waals surface area contributed by atoms with Crippen molar-refractivity contribution in [1.29, 1.82) is 0 Å². The van der Waals surface area contributed by atoms with E-state index < -0.39 is 22.5 Å². The molecule has 0 aliphatic rings. The number of nitrogens with zero attached hydrogens (tertiary/aromatic N) is 2. The highest BCUT2D eigenvalue weighted by atomic mass is 19.1. The Kier molecular flexibility index (Phi) is 4.52. The summed E-state index contributed by atoms with van der Waals surface area (Å²) in [6.45, 7) is 0. The van der Waals surface area contributed by atoms with Crippen molar-refractivity contribution < 1.29 is 18.5 Å². The van der Waals surface area contributed by atoms with E-state index in [-0.39, 0.29) is 16.8 Å². The number of carbonyl (C=O) groups is 1. The number of amides is 1. The largest absolute Gasteiger partial charge is 0.271 e. The predicted octanol–water partition coefficient (Wildman–Crippen LogP) is 2.64. The number of carbonyl (C=O) groups excluding carboxylic acids is 1. The molecule has 8 heteroatoms. The van der Waals surface area contributed by atoms with Gasteiger partial charge in [0.15, 0.2) is 0 Å². The summed E-state index contributed by atoms with van der Waals surface area (Å²) in [4.78, 5) is 21.6. The van der Waals surface area contributed by atoms with Crippen LogP contribution in [0.2, 0.25) is 0 Å². The fourth-order valence-corrected chi connectivity index (χ4v) is 1.59. The van der Waals surface area contributed by atoms with Crippen molar-refractivity contribution in [2.24, 2.45) is 5.10 Å². The van der Waals surface area contributed by atoms with Gasteiger partial charge < -0.3 is 0 Å². The molecule has 6 nitrogen and oxygen atoms in total. The lowest BCUT2D eigenvalue weighted by atomic mass is 10.2. The van der Waals surface area contributed by atoms with Crippen LogP contribution in [0.3, 0.4) is 0 Å². The van der Waals surface area contributed by atoms with Gasteiger partial charge >= 0.3 is 0 Å². The molecule has 2 rings (SSSR count). The minimum atomic E-state index is -0.812. The van der Waals surface area contributed by atoms with Crippen LogP contribution in [-0.4, -0.2) is 17.0 Å². The molecule has 0 saturated heterocycles. The highest BCUT2D eigenvalue weighted by molar-refractivity contribution is 5.95. The molecule has 0 aliphatic carbocycles. The molecule has 0 fully saturated rings. The van der Waals surface area contributed by atoms with E-state index >= 15 is 0 Å². The van der Waals surface area contributed by atoms with E-state index in [9.17, 15) is 23.7 Å². The Balaban J connectivity index is 2.06. The van der Waals surface area contributed by atoms with Gasteiger partial charge in [-0.2, -0.15) is 5.10 Å². The van der Waals surface area contributed by atoms with Crippen LogP contribution in [0.5, 0.6) is 0 Å². The van der Waals surface area contributed by atoms with E-state index in [2.05, 4.69) is 10.5 Å². The van der Waals surface area contributed by atoms with Crippen LogP contribution in [0.25, 0.3) is 0 Å². The van der Waals surface area contributed by atoms with E-state index in [1.165, 1.54) is 18.2 Å². The molecule has 0 bridgehead atoms. The second-order valence-corrected chi connectivity index (χ2v) is 4.14. The van der Waals surface area contributed by atoms with Crippen molar-refractivity contribution in [2.45, 2.75) is 0 Å². The van der Waals surface area contributed by atoms with Crippen LogP contribution < -0.4 is 5.43 Å². The summed E-state index contributed by atoms with van der Waals surface area (Å²) in [6, 6.07) is 8.13. The quantitative estimate of drug-likeness (QED) is 0.535. The Bertz CT molecular complexity index is 725. The van der Waals surface area contributed by atoms with Gasteiger partial charge in [-0.15, -0.1) is 0 Å². The van der Waals surface area contributed by atoms with Crippen LogP contribution >= 0.6 is 0 Å². The molecule has 0 unspecified atom stereocenters. The molecular formula is C14H9F2N3O3. The summed E-state index contributed by atoms with van der Waals surface area (Å²) >= 11 is 0. The van der Waals surface area contributed by atoms with Crippen LogP contribution in [-0.2, 0) is 0 Å². The first kappa shape index (κ1) is 15.2. The molecule has 0 spiro atoms. The van der Waals surface area contributed by atoms with Crippen molar-refractivity contribution in [3.63, 3.8) is 0 Å². The zero-order valence-corrected chi connectivity index (χ0v) is 11.0. The number of nitrogens with one attached hydrogen (secondary N) is 1. The molecule has 0 aliphatic heterocycles. The molecular weight excluding hydrogens is 296 g/mol. The third-order valence-corrected chi connectivity index (χ3v) is 2.70. The molecule has 1 amide bonds. The third kappa shape index (κ3) is 3.48. The van der Waals surface area contributed by atoms with Crippen molar-refractivity contribution in [3.05, 3.63) is 75.3 Å². The highest BCUT2D eigenvalue weighted by Gasteiger charge is 2.09. The summed E-state index contributed by atoms with van der Waals surface area (Å²) in [5, 5.41) is 13.9. The van der Waals surface area contributed by atoms with E-state index in [0.29, 0.717) is 0 Å². The van der Waals surface area contributed by atoms with Crippen molar-refractivity contribution in [1.82, 2.24) is 5.43 Å². The second-order valence-electron chi connectivity index (χ2n) is 4.14. The van der Waals surface area contributed by atoms with Crippen LogP contribution in [0.4, 0.5) is 14.5 Å². The second kappa shape index (κ2) is 6.53. The van der Waals surface area contributed by atoms with Gasteiger partial charge in [0.2, 0.25) is 0 Å². The van der Waals surface area contributed by atoms with Crippen LogP contribution in [0, 0.1) is 21.7 Å². The lowest BCUT2D eigenvalue weighted by molar-refractivity contribution is -0.384. The van der Waals surface area contributed by atoms with Gasteiger partial charge in [-0.05, 0) is 24.3 Å². The Labute approximate surface area is 123 Å². The molecule has 0 atom stereocenters. The normalized spacial score (nSPS) is 10.6. The average Bonchev–Trinajstić information content (AvgIpc) is 2.50. The first-order valence-corrected chi connectivity index (χ1v) is 6.01. The Hall–Kier alpha value is -3.16. The third-order valence-electron chi connectivity index (χ3n) is 2.70. The number of benzene rings is 2. The van der Waals surface area contributed by atoms with Gasteiger partial charge in [-0.3, -0.25) is 14.9 Å².